The number of anilines is 1. The molecule has 0 aromatic carbocycles. The Morgan fingerprint density at radius 2 is 1.66 bits per heavy atom. The summed E-state index contributed by atoms with van der Waals surface area (Å²) in [5.41, 5.74) is 1.82. The van der Waals surface area contributed by atoms with Crippen molar-refractivity contribution in [2.75, 3.05) is 18.9 Å². The molecule has 35 heavy (non-hydrogen) atoms. The first-order valence-corrected chi connectivity index (χ1v) is 11.9. The van der Waals surface area contributed by atoms with Gasteiger partial charge in [-0.2, -0.15) is 14.7 Å². The second-order valence-electron chi connectivity index (χ2n) is 7.65. The van der Waals surface area contributed by atoms with Crippen LogP contribution < -0.4 is 14.2 Å². The highest BCUT2D eigenvalue weighted by Gasteiger charge is 2.32. The third-order valence-electron chi connectivity index (χ3n) is 5.36. The Bertz CT molecular complexity index is 1250. The largest absolute Gasteiger partial charge is 0.593 e. The van der Waals surface area contributed by atoms with Crippen molar-refractivity contribution in [1.29, 1.82) is 0 Å². The Balaban J connectivity index is 1.75. The molecule has 0 fully saturated rings. The first kappa shape index (κ1) is 24.3. The fourth-order valence-corrected chi connectivity index (χ4v) is 4.27. The van der Waals surface area contributed by atoms with Crippen LogP contribution in [0.15, 0.2) is 43.1 Å². The lowest BCUT2D eigenvalue weighted by Crippen LogP contribution is -2.31. The molecule has 4 rings (SSSR count). The lowest BCUT2D eigenvalue weighted by molar-refractivity contribution is 0.368. The van der Waals surface area contributed by atoms with Gasteiger partial charge in [-0.15, -0.1) is 10.2 Å². The van der Waals surface area contributed by atoms with Gasteiger partial charge in [-0.1, -0.05) is 13.0 Å². The zero-order chi connectivity index (χ0) is 24.9. The van der Waals surface area contributed by atoms with Crippen molar-refractivity contribution in [1.82, 2.24) is 39.7 Å². The molecule has 0 aliphatic carbocycles. The smallest absolute Gasteiger partial charge is 0.271 e. The molecule has 0 saturated heterocycles. The van der Waals surface area contributed by atoms with E-state index < -0.39 is 11.4 Å². The summed E-state index contributed by atoms with van der Waals surface area (Å²) in [6.45, 7) is 5.69. The number of methoxy groups -OCH3 is 2. The SMILES string of the molecule is COc1ncnc(OC)c1-n1c(N[S+]([O-])C(C)C(C)c2ncc(C)cn2)nnc1-c1ccccn1. The number of aryl methyl sites for hydroxylation is 1. The van der Waals surface area contributed by atoms with E-state index in [4.69, 9.17) is 9.47 Å². The summed E-state index contributed by atoms with van der Waals surface area (Å²) in [4.78, 5) is 21.5. The molecule has 0 radical (unpaired) electrons. The fraction of sp³-hybridized carbons (Fsp3) is 0.318. The molecule has 3 unspecified atom stereocenters. The summed E-state index contributed by atoms with van der Waals surface area (Å²) in [5, 5.41) is 8.19. The van der Waals surface area contributed by atoms with Crippen LogP contribution in [0.3, 0.4) is 0 Å². The highest BCUT2D eigenvalue weighted by molar-refractivity contribution is 7.93. The van der Waals surface area contributed by atoms with Crippen LogP contribution in [-0.4, -0.2) is 63.7 Å². The number of nitrogens with one attached hydrogen (secondary N) is 1. The normalized spacial score (nSPS) is 13.7. The minimum atomic E-state index is -1.59. The number of pyridine rings is 1. The monoisotopic (exact) mass is 495 g/mol. The number of nitrogens with zero attached hydrogens (tertiary/aromatic N) is 8. The molecule has 12 nitrogen and oxygen atoms in total. The van der Waals surface area contributed by atoms with Gasteiger partial charge in [-0.3, -0.25) is 4.98 Å². The van der Waals surface area contributed by atoms with Crippen LogP contribution in [0.1, 0.15) is 31.2 Å². The molecule has 0 aliphatic heterocycles. The lowest BCUT2D eigenvalue weighted by atomic mass is 10.1. The molecule has 4 aromatic rings. The van der Waals surface area contributed by atoms with Gasteiger partial charge in [-0.25, -0.2) is 14.5 Å². The van der Waals surface area contributed by atoms with Gasteiger partial charge in [0, 0.05) is 18.6 Å². The summed E-state index contributed by atoms with van der Waals surface area (Å²) < 4.78 is 28.9. The average molecular weight is 496 g/mol. The first-order valence-electron chi connectivity index (χ1n) is 10.7. The Labute approximate surface area is 205 Å². The van der Waals surface area contributed by atoms with E-state index in [9.17, 15) is 4.55 Å². The quantitative estimate of drug-likeness (QED) is 0.341. The van der Waals surface area contributed by atoms with Gasteiger partial charge in [-0.05, 0) is 31.5 Å². The van der Waals surface area contributed by atoms with Crippen molar-refractivity contribution in [3.63, 3.8) is 0 Å². The third kappa shape index (κ3) is 5.00. The minimum Gasteiger partial charge on any atom is -0.593 e. The summed E-state index contributed by atoms with van der Waals surface area (Å²) >= 11 is -1.59. The molecule has 0 amide bonds. The number of aromatic nitrogens is 8. The molecule has 1 N–H and O–H groups in total. The van der Waals surface area contributed by atoms with Crippen molar-refractivity contribution in [2.45, 2.75) is 31.9 Å². The van der Waals surface area contributed by atoms with Crippen molar-refractivity contribution in [3.8, 4) is 29.0 Å². The zero-order valence-corrected chi connectivity index (χ0v) is 20.7. The molecule has 4 aromatic heterocycles. The van der Waals surface area contributed by atoms with Crippen LogP contribution in [0.25, 0.3) is 17.2 Å². The zero-order valence-electron chi connectivity index (χ0n) is 19.9. The van der Waals surface area contributed by atoms with E-state index in [0.717, 1.165) is 5.56 Å². The number of hydrogen-bond donors (Lipinski definition) is 1. The van der Waals surface area contributed by atoms with Gasteiger partial charge in [0.15, 0.2) is 11.5 Å². The third-order valence-corrected chi connectivity index (χ3v) is 6.83. The van der Waals surface area contributed by atoms with Crippen LogP contribution in [-0.2, 0) is 11.4 Å². The molecule has 0 spiro atoms. The Hall–Kier alpha value is -3.84. The molecule has 0 saturated carbocycles. The number of hydrogen-bond acceptors (Lipinski definition) is 11. The summed E-state index contributed by atoms with van der Waals surface area (Å²) in [6.07, 6.45) is 6.45. The van der Waals surface area contributed by atoms with Crippen molar-refractivity contribution < 1.29 is 14.0 Å². The Morgan fingerprint density at radius 1 is 0.971 bits per heavy atom. The molecular formula is C22H25N9O3S. The van der Waals surface area contributed by atoms with Crippen molar-refractivity contribution >= 4 is 17.3 Å². The highest BCUT2D eigenvalue weighted by Crippen LogP contribution is 2.35. The molecular weight excluding hydrogens is 470 g/mol. The van der Waals surface area contributed by atoms with E-state index >= 15 is 0 Å². The van der Waals surface area contributed by atoms with E-state index in [1.807, 2.05) is 26.8 Å². The first-order chi connectivity index (χ1) is 16.9. The standard InChI is InChI=1S/C22H25N9O3S/c1-13-10-24-18(25-11-13)14(2)15(3)35(32)30-22-29-28-19(16-8-6-7-9-23-16)31(22)17-20(33-4)26-12-27-21(17)34-5/h6-12,14-15H,1-5H3,(H,29,30). The van der Waals surface area contributed by atoms with E-state index in [-0.39, 0.29) is 28.9 Å². The van der Waals surface area contributed by atoms with Crippen LogP contribution in [0.5, 0.6) is 11.8 Å². The predicted molar refractivity (Wildman–Crippen MR) is 130 cm³/mol. The second kappa shape index (κ2) is 10.6. The Morgan fingerprint density at radius 3 is 2.26 bits per heavy atom. The van der Waals surface area contributed by atoms with E-state index in [1.54, 1.807) is 35.3 Å². The van der Waals surface area contributed by atoms with Gasteiger partial charge < -0.3 is 14.0 Å². The fourth-order valence-electron chi connectivity index (χ4n) is 3.28. The van der Waals surface area contributed by atoms with Crippen LogP contribution >= 0.6 is 0 Å². The topological polar surface area (TPSA) is 149 Å². The summed E-state index contributed by atoms with van der Waals surface area (Å²) in [6, 6.07) is 5.40. The van der Waals surface area contributed by atoms with E-state index in [2.05, 4.69) is 39.8 Å². The van der Waals surface area contributed by atoms with Crippen LogP contribution in [0.2, 0.25) is 0 Å². The molecule has 0 bridgehead atoms. The molecule has 3 atom stereocenters. The van der Waals surface area contributed by atoms with Crippen molar-refractivity contribution in [3.05, 3.63) is 54.5 Å². The van der Waals surface area contributed by atoms with E-state index in [0.29, 0.717) is 23.0 Å². The summed E-state index contributed by atoms with van der Waals surface area (Å²) in [5.74, 6) is 1.39. The van der Waals surface area contributed by atoms with Gasteiger partial charge in [0.1, 0.15) is 23.1 Å². The van der Waals surface area contributed by atoms with Gasteiger partial charge in [0.25, 0.3) is 5.95 Å². The lowest BCUT2D eigenvalue weighted by Gasteiger charge is -2.22. The Kier molecular flexibility index (Phi) is 7.36. The predicted octanol–water partition coefficient (Wildman–Crippen LogP) is 2.50. The number of ether oxygens (including phenoxy) is 2. The van der Waals surface area contributed by atoms with Gasteiger partial charge in [0.2, 0.25) is 11.8 Å². The molecule has 0 aliphatic rings. The highest BCUT2D eigenvalue weighted by atomic mass is 32.2. The summed E-state index contributed by atoms with van der Waals surface area (Å²) in [7, 11) is 2.96. The maximum absolute atomic E-state index is 13.4. The number of rotatable bonds is 9. The average Bonchev–Trinajstić information content (AvgIpc) is 3.30. The van der Waals surface area contributed by atoms with Crippen molar-refractivity contribution in [2.24, 2.45) is 0 Å². The van der Waals surface area contributed by atoms with Gasteiger partial charge >= 0.3 is 0 Å². The second-order valence-corrected chi connectivity index (χ2v) is 9.19. The maximum Gasteiger partial charge on any atom is 0.271 e. The van der Waals surface area contributed by atoms with Crippen LogP contribution in [0.4, 0.5) is 5.95 Å². The molecule has 4 heterocycles. The minimum absolute atomic E-state index is 0.180. The van der Waals surface area contributed by atoms with Gasteiger partial charge in [0.05, 0.1) is 31.5 Å². The van der Waals surface area contributed by atoms with E-state index in [1.165, 1.54) is 20.5 Å². The molecule has 13 heteroatoms. The van der Waals surface area contributed by atoms with Crippen LogP contribution in [0, 0.1) is 6.92 Å². The maximum atomic E-state index is 13.4. The molecule has 182 valence electrons.